The fraction of sp³-hybridized carbons (Fsp3) is 0.0625. The second-order valence-corrected chi connectivity index (χ2v) is 6.67. The number of fused-ring (bicyclic) bond motifs is 1. The minimum Gasteiger partial charge on any atom is -0.335 e. The summed E-state index contributed by atoms with van der Waals surface area (Å²) in [7, 11) is 0. The molecule has 4 aromatic rings. The van der Waals surface area contributed by atoms with Gasteiger partial charge in [-0.05, 0) is 24.3 Å². The molecule has 25 heavy (non-hydrogen) atoms. The molecule has 4 rings (SSSR count). The second kappa shape index (κ2) is 6.38. The van der Waals surface area contributed by atoms with E-state index in [-0.39, 0.29) is 5.82 Å². The Bertz CT molecular complexity index is 1060. The first-order valence-electron chi connectivity index (χ1n) is 7.33. The van der Waals surface area contributed by atoms with Gasteiger partial charge in [-0.1, -0.05) is 35.5 Å². The smallest absolute Gasteiger partial charge is 0.210 e. The molecule has 6 nitrogen and oxygen atoms in total. The molecule has 0 bridgehead atoms. The number of hydrogen-bond donors (Lipinski definition) is 1. The van der Waals surface area contributed by atoms with Gasteiger partial charge in [0.25, 0.3) is 0 Å². The molecule has 3 heterocycles. The number of nitrogens with two attached hydrogens (primary N) is 1. The molecule has 0 saturated heterocycles. The van der Waals surface area contributed by atoms with Crippen molar-refractivity contribution >= 4 is 29.0 Å². The third-order valence-corrected chi connectivity index (χ3v) is 4.79. The topological polar surface area (TPSA) is 74.0 Å². The standard InChI is InChI=1S/C16H12ClFN6S/c17-10-5-6-14-20-11(8-23(14)7-10)9-25-16-22-21-15(24(16)19)12-3-1-2-4-13(12)18/h1-8H,9,19H2. The van der Waals surface area contributed by atoms with Gasteiger partial charge in [-0.15, -0.1) is 10.2 Å². The number of aromatic nitrogens is 5. The predicted octanol–water partition coefficient (Wildman–Crippen LogP) is 3.39. The number of hydrogen-bond acceptors (Lipinski definition) is 5. The summed E-state index contributed by atoms with van der Waals surface area (Å²) in [6.45, 7) is 0. The van der Waals surface area contributed by atoms with E-state index in [1.807, 2.05) is 16.7 Å². The molecule has 9 heteroatoms. The molecule has 0 fully saturated rings. The van der Waals surface area contributed by atoms with E-state index in [1.165, 1.54) is 22.5 Å². The van der Waals surface area contributed by atoms with Crippen LogP contribution in [0.2, 0.25) is 5.02 Å². The van der Waals surface area contributed by atoms with Crippen molar-refractivity contribution in [2.75, 3.05) is 5.84 Å². The molecule has 126 valence electrons. The lowest BCUT2D eigenvalue weighted by Gasteiger charge is -2.03. The van der Waals surface area contributed by atoms with Gasteiger partial charge in [0, 0.05) is 18.1 Å². The van der Waals surface area contributed by atoms with E-state index < -0.39 is 5.82 Å². The molecule has 3 aromatic heterocycles. The molecule has 0 unspecified atom stereocenters. The van der Waals surface area contributed by atoms with Crippen LogP contribution >= 0.6 is 23.4 Å². The maximum Gasteiger partial charge on any atom is 0.210 e. The second-order valence-electron chi connectivity index (χ2n) is 5.29. The Balaban J connectivity index is 1.56. The minimum atomic E-state index is -0.393. The Hall–Kier alpha value is -2.58. The lowest BCUT2D eigenvalue weighted by molar-refractivity contribution is 0.629. The lowest BCUT2D eigenvalue weighted by Crippen LogP contribution is -2.12. The van der Waals surface area contributed by atoms with E-state index in [9.17, 15) is 4.39 Å². The first-order valence-corrected chi connectivity index (χ1v) is 8.69. The lowest BCUT2D eigenvalue weighted by atomic mass is 10.2. The van der Waals surface area contributed by atoms with Gasteiger partial charge in [0.2, 0.25) is 5.16 Å². The van der Waals surface area contributed by atoms with E-state index in [2.05, 4.69) is 15.2 Å². The third kappa shape index (κ3) is 3.06. The van der Waals surface area contributed by atoms with Gasteiger partial charge in [0.15, 0.2) is 5.82 Å². The summed E-state index contributed by atoms with van der Waals surface area (Å²) < 4.78 is 17.0. The average molecular weight is 375 g/mol. The number of imidazole rings is 1. The van der Waals surface area contributed by atoms with Gasteiger partial charge < -0.3 is 10.2 Å². The Labute approximate surface area is 151 Å². The maximum absolute atomic E-state index is 13.9. The highest BCUT2D eigenvalue weighted by atomic mass is 35.5. The number of nitrogens with zero attached hydrogens (tertiary/aromatic N) is 5. The van der Waals surface area contributed by atoms with E-state index in [4.69, 9.17) is 17.4 Å². The third-order valence-electron chi connectivity index (χ3n) is 3.59. The van der Waals surface area contributed by atoms with Crippen LogP contribution in [0.3, 0.4) is 0 Å². The van der Waals surface area contributed by atoms with Crippen LogP contribution < -0.4 is 5.84 Å². The Morgan fingerprint density at radius 3 is 2.80 bits per heavy atom. The summed E-state index contributed by atoms with van der Waals surface area (Å²) in [5.74, 6) is 6.46. The van der Waals surface area contributed by atoms with E-state index >= 15 is 0 Å². The van der Waals surface area contributed by atoms with Crippen LogP contribution in [0, 0.1) is 5.82 Å². The zero-order valence-electron chi connectivity index (χ0n) is 12.8. The predicted molar refractivity (Wildman–Crippen MR) is 95.3 cm³/mol. The van der Waals surface area contributed by atoms with Crippen LogP contribution in [-0.4, -0.2) is 24.3 Å². The van der Waals surface area contributed by atoms with Gasteiger partial charge in [0.05, 0.1) is 16.3 Å². The molecule has 1 aromatic carbocycles. The van der Waals surface area contributed by atoms with Crippen LogP contribution in [0.5, 0.6) is 0 Å². The fourth-order valence-corrected chi connectivity index (χ4v) is 3.34. The number of thioether (sulfide) groups is 1. The molecule has 0 aliphatic carbocycles. The molecule has 0 radical (unpaired) electrons. The molecular formula is C16H12ClFN6S. The zero-order valence-corrected chi connectivity index (χ0v) is 14.4. The van der Waals surface area contributed by atoms with Crippen molar-refractivity contribution in [2.24, 2.45) is 0 Å². The normalized spacial score (nSPS) is 11.3. The Morgan fingerprint density at radius 1 is 1.12 bits per heavy atom. The quantitative estimate of drug-likeness (QED) is 0.438. The van der Waals surface area contributed by atoms with Crippen molar-refractivity contribution in [1.29, 1.82) is 0 Å². The number of pyridine rings is 1. The summed E-state index contributed by atoms with van der Waals surface area (Å²) in [5, 5.41) is 9.16. The van der Waals surface area contributed by atoms with Gasteiger partial charge in [-0.3, -0.25) is 0 Å². The molecule has 0 saturated carbocycles. The van der Waals surface area contributed by atoms with Crippen molar-refractivity contribution in [3.8, 4) is 11.4 Å². The maximum atomic E-state index is 13.9. The van der Waals surface area contributed by atoms with E-state index in [0.717, 1.165) is 11.3 Å². The summed E-state index contributed by atoms with van der Waals surface area (Å²) in [5.41, 5.74) is 1.97. The number of benzene rings is 1. The zero-order chi connectivity index (χ0) is 17.4. The van der Waals surface area contributed by atoms with Crippen LogP contribution in [-0.2, 0) is 5.75 Å². The summed E-state index contributed by atoms with van der Waals surface area (Å²) >= 11 is 7.35. The summed E-state index contributed by atoms with van der Waals surface area (Å²) in [6, 6.07) is 9.95. The van der Waals surface area contributed by atoms with Gasteiger partial charge in [-0.25, -0.2) is 14.1 Å². The van der Waals surface area contributed by atoms with Crippen LogP contribution in [0.15, 0.2) is 53.9 Å². The highest BCUT2D eigenvalue weighted by Gasteiger charge is 2.15. The SMILES string of the molecule is Nn1c(SCc2cn3cc(Cl)ccc3n2)nnc1-c1ccccc1F. The number of nitrogen functional groups attached to an aromatic ring is 1. The van der Waals surface area contributed by atoms with Crippen molar-refractivity contribution < 1.29 is 4.39 Å². The van der Waals surface area contributed by atoms with Crippen molar-refractivity contribution in [3.05, 3.63) is 65.3 Å². The average Bonchev–Trinajstić information content (AvgIpc) is 3.16. The number of rotatable bonds is 4. The highest BCUT2D eigenvalue weighted by Crippen LogP contribution is 2.25. The van der Waals surface area contributed by atoms with Crippen LogP contribution in [0.4, 0.5) is 4.39 Å². The van der Waals surface area contributed by atoms with Gasteiger partial charge in [-0.2, -0.15) is 0 Å². The highest BCUT2D eigenvalue weighted by molar-refractivity contribution is 7.98. The molecular weight excluding hydrogens is 363 g/mol. The van der Waals surface area contributed by atoms with Crippen molar-refractivity contribution in [2.45, 2.75) is 10.9 Å². The Kier molecular flexibility index (Phi) is 4.06. The molecule has 0 aliphatic heterocycles. The molecule has 0 aliphatic rings. The summed E-state index contributed by atoms with van der Waals surface area (Å²) in [6.07, 6.45) is 3.68. The summed E-state index contributed by atoms with van der Waals surface area (Å²) in [4.78, 5) is 4.50. The van der Waals surface area contributed by atoms with Crippen LogP contribution in [0.1, 0.15) is 5.69 Å². The monoisotopic (exact) mass is 374 g/mol. The first-order chi connectivity index (χ1) is 12.1. The minimum absolute atomic E-state index is 0.280. The molecule has 0 amide bonds. The van der Waals surface area contributed by atoms with E-state index in [0.29, 0.717) is 21.5 Å². The van der Waals surface area contributed by atoms with Crippen molar-refractivity contribution in [1.82, 2.24) is 24.3 Å². The van der Waals surface area contributed by atoms with E-state index in [1.54, 1.807) is 30.5 Å². The molecule has 0 atom stereocenters. The first kappa shape index (κ1) is 15.9. The molecule has 2 N–H and O–H groups in total. The number of halogens is 2. The van der Waals surface area contributed by atoms with Gasteiger partial charge in [0.1, 0.15) is 11.5 Å². The van der Waals surface area contributed by atoms with Gasteiger partial charge >= 0.3 is 0 Å². The Morgan fingerprint density at radius 2 is 1.96 bits per heavy atom. The largest absolute Gasteiger partial charge is 0.335 e. The van der Waals surface area contributed by atoms with Crippen molar-refractivity contribution in [3.63, 3.8) is 0 Å². The molecule has 0 spiro atoms. The van der Waals surface area contributed by atoms with Crippen LogP contribution in [0.25, 0.3) is 17.0 Å². The fourth-order valence-electron chi connectivity index (χ4n) is 2.43.